The third-order valence-electron chi connectivity index (χ3n) is 5.96. The molecule has 0 spiro atoms. The number of carbonyl (C=O) groups excluding carboxylic acids is 1. The van der Waals surface area contributed by atoms with Crippen molar-refractivity contribution in [3.63, 3.8) is 0 Å². The van der Waals surface area contributed by atoms with Crippen molar-refractivity contribution in [3.8, 4) is 5.75 Å². The molecule has 0 aromatic heterocycles. The summed E-state index contributed by atoms with van der Waals surface area (Å²) in [6.07, 6.45) is -2.89. The minimum absolute atomic E-state index is 0.0283. The van der Waals surface area contributed by atoms with Crippen molar-refractivity contribution < 1.29 is 22.7 Å². The molecule has 1 heterocycles. The summed E-state index contributed by atoms with van der Waals surface area (Å²) in [5.41, 5.74) is 0.432. The molecule has 1 aliphatic rings. The highest BCUT2D eigenvalue weighted by Gasteiger charge is 2.33. The van der Waals surface area contributed by atoms with E-state index < -0.39 is 11.7 Å². The monoisotopic (exact) mass is 477 g/mol. The molecule has 1 N–H and O–H groups in total. The van der Waals surface area contributed by atoms with Gasteiger partial charge in [-0.2, -0.15) is 13.2 Å². The van der Waals surface area contributed by atoms with Gasteiger partial charge in [-0.25, -0.2) is 0 Å². The van der Waals surface area contributed by atoms with Crippen LogP contribution < -0.4 is 10.1 Å². The normalized spacial score (nSPS) is 19.2. The number of amides is 1. The van der Waals surface area contributed by atoms with Gasteiger partial charge in [-0.3, -0.25) is 9.69 Å². The molecule has 0 saturated carbocycles. The lowest BCUT2D eigenvalue weighted by molar-refractivity contribution is -0.137. The van der Waals surface area contributed by atoms with E-state index in [1.165, 1.54) is 12.1 Å². The van der Waals surface area contributed by atoms with Crippen LogP contribution in [0.1, 0.15) is 24.0 Å². The molecule has 186 valence electrons. The summed E-state index contributed by atoms with van der Waals surface area (Å²) in [5.74, 6) is 0.0664. The zero-order chi connectivity index (χ0) is 24.6. The van der Waals surface area contributed by atoms with Crippen LogP contribution in [0.3, 0.4) is 0 Å². The van der Waals surface area contributed by atoms with Gasteiger partial charge in [0.05, 0.1) is 18.1 Å². The predicted octanol–water partition coefficient (Wildman–Crippen LogP) is 4.29. The Hall–Kier alpha value is -2.58. The van der Waals surface area contributed by atoms with Crippen molar-refractivity contribution in [2.75, 3.05) is 46.9 Å². The van der Waals surface area contributed by atoms with Gasteiger partial charge in [-0.1, -0.05) is 36.4 Å². The lowest BCUT2D eigenvalue weighted by Gasteiger charge is -2.37. The van der Waals surface area contributed by atoms with E-state index in [0.717, 1.165) is 37.2 Å². The molecular formula is C26H34F3N3O2. The first-order valence-corrected chi connectivity index (χ1v) is 11.7. The Balaban J connectivity index is 1.63. The van der Waals surface area contributed by atoms with Gasteiger partial charge in [-0.15, -0.1) is 0 Å². The van der Waals surface area contributed by atoms with Gasteiger partial charge in [0.25, 0.3) is 0 Å². The average Bonchev–Trinajstić information content (AvgIpc) is 2.80. The highest BCUT2D eigenvalue weighted by molar-refractivity contribution is 5.79. The number of rotatable bonds is 10. The van der Waals surface area contributed by atoms with Crippen LogP contribution in [-0.4, -0.2) is 62.6 Å². The molecule has 0 aliphatic carbocycles. The number of likely N-dealkylation sites (tertiary alicyclic amines) is 1. The summed E-state index contributed by atoms with van der Waals surface area (Å²) in [7, 11) is 4.00. The minimum Gasteiger partial charge on any atom is -0.493 e. The van der Waals surface area contributed by atoms with E-state index in [1.54, 1.807) is 0 Å². The van der Waals surface area contributed by atoms with E-state index in [0.29, 0.717) is 26.1 Å². The quantitative estimate of drug-likeness (QED) is 0.519. The number of carbonyl (C=O) groups is 1. The number of nitrogens with one attached hydrogen (secondary N) is 1. The summed E-state index contributed by atoms with van der Waals surface area (Å²) in [5, 5.41) is 3.05. The number of benzene rings is 2. The van der Waals surface area contributed by atoms with E-state index in [4.69, 9.17) is 4.74 Å². The van der Waals surface area contributed by atoms with Crippen LogP contribution in [0.25, 0.3) is 0 Å². The van der Waals surface area contributed by atoms with Crippen LogP contribution in [0.5, 0.6) is 5.75 Å². The van der Waals surface area contributed by atoms with Gasteiger partial charge in [-0.05, 0) is 57.2 Å². The van der Waals surface area contributed by atoms with Crippen LogP contribution in [0, 0.1) is 11.8 Å². The van der Waals surface area contributed by atoms with Crippen molar-refractivity contribution in [3.05, 3.63) is 65.7 Å². The molecule has 1 saturated heterocycles. The standard InChI is InChI=1S/C26H34F3N3O2/c1-31(2)13-7-12-30-25(33)22-14-21(17-32(18-22)16-20-8-4-3-5-9-20)19-34-24-11-6-10-23(15-24)26(27,28)29/h3-6,8-11,15,21-22H,7,12-14,16-19H2,1-2H3,(H,30,33)/t21-,22+/m0/s1. The average molecular weight is 478 g/mol. The van der Waals surface area contributed by atoms with Gasteiger partial charge in [0, 0.05) is 32.1 Å². The summed E-state index contributed by atoms with van der Waals surface area (Å²) in [4.78, 5) is 17.2. The Kier molecular flexibility index (Phi) is 9.36. The molecule has 0 bridgehead atoms. The highest BCUT2D eigenvalue weighted by Crippen LogP contribution is 2.32. The SMILES string of the molecule is CN(C)CCCNC(=O)[C@@H]1C[C@H](COc2cccc(C(F)(F)F)c2)CN(Cc2ccccc2)C1. The molecule has 34 heavy (non-hydrogen) atoms. The first-order valence-electron chi connectivity index (χ1n) is 11.7. The summed E-state index contributed by atoms with van der Waals surface area (Å²) in [6, 6.07) is 15.0. The molecule has 1 amide bonds. The minimum atomic E-state index is -4.41. The van der Waals surface area contributed by atoms with Crippen LogP contribution in [0.4, 0.5) is 13.2 Å². The largest absolute Gasteiger partial charge is 0.493 e. The number of hydrogen-bond donors (Lipinski definition) is 1. The van der Waals surface area contributed by atoms with E-state index >= 15 is 0 Å². The highest BCUT2D eigenvalue weighted by atomic mass is 19.4. The van der Waals surface area contributed by atoms with E-state index in [1.807, 2.05) is 32.3 Å². The predicted molar refractivity (Wildman–Crippen MR) is 126 cm³/mol. The second kappa shape index (κ2) is 12.2. The summed E-state index contributed by atoms with van der Waals surface area (Å²) in [6.45, 7) is 3.87. The van der Waals surface area contributed by atoms with Crippen LogP contribution >= 0.6 is 0 Å². The Bertz CT molecular complexity index is 906. The van der Waals surface area contributed by atoms with E-state index in [-0.39, 0.29) is 30.1 Å². The van der Waals surface area contributed by atoms with Gasteiger partial charge in [0.2, 0.25) is 5.91 Å². The Morgan fingerprint density at radius 3 is 2.59 bits per heavy atom. The van der Waals surface area contributed by atoms with Crippen molar-refractivity contribution in [2.45, 2.75) is 25.6 Å². The second-order valence-corrected chi connectivity index (χ2v) is 9.26. The van der Waals surface area contributed by atoms with E-state index in [9.17, 15) is 18.0 Å². The van der Waals surface area contributed by atoms with E-state index in [2.05, 4.69) is 27.2 Å². The number of hydrogen-bond acceptors (Lipinski definition) is 4. The van der Waals surface area contributed by atoms with Gasteiger partial charge in [0.1, 0.15) is 5.75 Å². The van der Waals surface area contributed by atoms with Crippen LogP contribution in [0.15, 0.2) is 54.6 Å². The summed E-state index contributed by atoms with van der Waals surface area (Å²) < 4.78 is 44.8. The first kappa shape index (κ1) is 26.0. The third kappa shape index (κ3) is 8.33. The van der Waals surface area contributed by atoms with Crippen molar-refractivity contribution in [1.82, 2.24) is 15.1 Å². The number of nitrogens with zero attached hydrogens (tertiary/aromatic N) is 2. The number of ether oxygens (including phenoxy) is 1. The van der Waals surface area contributed by atoms with Gasteiger partial charge < -0.3 is 15.0 Å². The maximum Gasteiger partial charge on any atom is 0.416 e. The molecule has 1 aliphatic heterocycles. The van der Waals surface area contributed by atoms with Crippen molar-refractivity contribution in [2.24, 2.45) is 11.8 Å². The summed E-state index contributed by atoms with van der Waals surface area (Å²) >= 11 is 0. The maximum atomic E-state index is 13.0. The molecule has 8 heteroatoms. The fourth-order valence-corrected chi connectivity index (χ4v) is 4.31. The zero-order valence-corrected chi connectivity index (χ0v) is 19.9. The molecule has 0 unspecified atom stereocenters. The van der Waals surface area contributed by atoms with Gasteiger partial charge in [0.15, 0.2) is 0 Å². The molecule has 2 aromatic rings. The van der Waals surface area contributed by atoms with Crippen molar-refractivity contribution in [1.29, 1.82) is 0 Å². The second-order valence-electron chi connectivity index (χ2n) is 9.26. The molecule has 2 atom stereocenters. The topological polar surface area (TPSA) is 44.8 Å². The van der Waals surface area contributed by atoms with Crippen LogP contribution in [0.2, 0.25) is 0 Å². The molecular weight excluding hydrogens is 443 g/mol. The molecule has 5 nitrogen and oxygen atoms in total. The smallest absolute Gasteiger partial charge is 0.416 e. The Labute approximate surface area is 199 Å². The lowest BCUT2D eigenvalue weighted by atomic mass is 9.88. The maximum absolute atomic E-state index is 13.0. The third-order valence-corrected chi connectivity index (χ3v) is 5.96. The molecule has 0 radical (unpaired) electrons. The fraction of sp³-hybridized carbons (Fsp3) is 0.500. The lowest BCUT2D eigenvalue weighted by Crippen LogP contribution is -2.47. The zero-order valence-electron chi connectivity index (χ0n) is 19.9. The Morgan fingerprint density at radius 2 is 1.88 bits per heavy atom. The van der Waals surface area contributed by atoms with Crippen LogP contribution in [-0.2, 0) is 17.5 Å². The molecule has 3 rings (SSSR count). The number of halogens is 3. The molecule has 1 fully saturated rings. The van der Waals surface area contributed by atoms with Gasteiger partial charge >= 0.3 is 6.18 Å². The fourth-order valence-electron chi connectivity index (χ4n) is 4.31. The number of piperidine rings is 1. The van der Waals surface area contributed by atoms with Crippen molar-refractivity contribution >= 4 is 5.91 Å². The first-order chi connectivity index (χ1) is 16.2. The molecule has 2 aromatic carbocycles. The Morgan fingerprint density at radius 1 is 1.12 bits per heavy atom. The number of alkyl halides is 3.